The highest BCUT2D eigenvalue weighted by atomic mass is 32.2. The Bertz CT molecular complexity index is 488. The van der Waals surface area contributed by atoms with Crippen LogP contribution in [0.4, 0.5) is 5.69 Å². The molecule has 0 saturated carbocycles. The molecule has 0 fully saturated rings. The largest absolute Gasteiger partial charge is 0.506 e. The molecule has 1 aliphatic heterocycles. The monoisotopic (exact) mass is 252 g/mol. The van der Waals surface area contributed by atoms with Gasteiger partial charge in [-0.05, 0) is 18.1 Å². The van der Waals surface area contributed by atoms with Crippen molar-refractivity contribution in [2.75, 3.05) is 5.75 Å². The van der Waals surface area contributed by atoms with Crippen molar-refractivity contribution in [1.82, 2.24) is 0 Å². The fourth-order valence-corrected chi connectivity index (χ4v) is 2.57. The average molecular weight is 252 g/mol. The van der Waals surface area contributed by atoms with Gasteiger partial charge in [-0.1, -0.05) is 6.07 Å². The summed E-state index contributed by atoms with van der Waals surface area (Å²) < 4.78 is 0. The number of carbonyl (C=O) groups is 1. The van der Waals surface area contributed by atoms with Gasteiger partial charge in [0.05, 0.1) is 0 Å². The number of carboxylic acid groups (broad SMARTS) is 1. The Kier molecular flexibility index (Phi) is 3.35. The summed E-state index contributed by atoms with van der Waals surface area (Å²) in [5, 5.41) is 18.4. The molecule has 0 saturated heterocycles. The zero-order valence-corrected chi connectivity index (χ0v) is 9.78. The predicted molar refractivity (Wildman–Crippen MR) is 66.3 cm³/mol. The number of rotatable bonds is 3. The molecule has 1 aromatic carbocycles. The molecule has 1 heterocycles. The van der Waals surface area contributed by atoms with Gasteiger partial charge >= 0.3 is 5.97 Å². The Balaban J connectivity index is 2.36. The van der Waals surface area contributed by atoms with Gasteiger partial charge < -0.3 is 15.9 Å². The maximum absolute atomic E-state index is 10.7. The number of fused-ring (bicyclic) bond motifs is 1. The molecule has 1 atom stereocenters. The van der Waals surface area contributed by atoms with E-state index >= 15 is 0 Å². The summed E-state index contributed by atoms with van der Waals surface area (Å²) in [5.74, 6) is -0.210. The molecule has 0 aromatic heterocycles. The summed E-state index contributed by atoms with van der Waals surface area (Å²) in [6.07, 6.45) is 1.95. The van der Waals surface area contributed by atoms with Gasteiger partial charge in [0.2, 0.25) is 0 Å². The van der Waals surface area contributed by atoms with Crippen LogP contribution in [0.15, 0.2) is 22.0 Å². The second-order valence-electron chi connectivity index (χ2n) is 3.69. The van der Waals surface area contributed by atoms with Crippen LogP contribution < -0.4 is 5.73 Å². The summed E-state index contributed by atoms with van der Waals surface area (Å²) in [4.78, 5) is 15.7. The third kappa shape index (κ3) is 2.42. The summed E-state index contributed by atoms with van der Waals surface area (Å²) >= 11 is 1.53. The molecule has 0 radical (unpaired) electrons. The van der Waals surface area contributed by atoms with Crippen molar-refractivity contribution in [3.05, 3.63) is 17.7 Å². The molecule has 90 valence electrons. The zero-order valence-electron chi connectivity index (χ0n) is 8.96. The molecule has 0 amide bonds. The first kappa shape index (κ1) is 11.9. The van der Waals surface area contributed by atoms with Gasteiger partial charge in [0.1, 0.15) is 17.5 Å². The number of hydrogen-bond donors (Lipinski definition) is 3. The fraction of sp³-hybridized carbons (Fsp3) is 0.273. The highest BCUT2D eigenvalue weighted by Crippen LogP contribution is 2.41. The van der Waals surface area contributed by atoms with Crippen molar-refractivity contribution in [2.45, 2.75) is 17.4 Å². The van der Waals surface area contributed by atoms with Crippen LogP contribution in [0, 0.1) is 0 Å². The SMILES string of the molecule is NC(Cc1ccc(O)c2c1SCC=N2)C(=O)O. The highest BCUT2D eigenvalue weighted by Gasteiger charge is 2.19. The van der Waals surface area contributed by atoms with Gasteiger partial charge in [0, 0.05) is 16.9 Å². The van der Waals surface area contributed by atoms with Gasteiger partial charge in [-0.3, -0.25) is 9.79 Å². The second kappa shape index (κ2) is 4.77. The minimum absolute atomic E-state index is 0.107. The number of aromatic hydroxyl groups is 1. The molecule has 0 bridgehead atoms. The lowest BCUT2D eigenvalue weighted by molar-refractivity contribution is -0.138. The minimum atomic E-state index is -1.03. The molecule has 17 heavy (non-hydrogen) atoms. The van der Waals surface area contributed by atoms with E-state index in [1.165, 1.54) is 17.8 Å². The van der Waals surface area contributed by atoms with Crippen LogP contribution in [0.25, 0.3) is 0 Å². The number of phenols is 1. The average Bonchev–Trinajstić information content (AvgIpc) is 2.33. The minimum Gasteiger partial charge on any atom is -0.506 e. The lowest BCUT2D eigenvalue weighted by Crippen LogP contribution is -2.32. The molecular formula is C11H12N2O3S. The molecule has 0 aliphatic carbocycles. The molecule has 4 N–H and O–H groups in total. The van der Waals surface area contributed by atoms with Crippen LogP contribution in [0.1, 0.15) is 5.56 Å². The van der Waals surface area contributed by atoms with E-state index < -0.39 is 12.0 Å². The fourth-order valence-electron chi connectivity index (χ4n) is 1.62. The van der Waals surface area contributed by atoms with E-state index in [9.17, 15) is 9.90 Å². The second-order valence-corrected chi connectivity index (χ2v) is 4.72. The number of nitrogens with zero attached hydrogens (tertiary/aromatic N) is 1. The van der Waals surface area contributed by atoms with Crippen molar-refractivity contribution in [3.63, 3.8) is 0 Å². The van der Waals surface area contributed by atoms with Gasteiger partial charge in [-0.15, -0.1) is 11.8 Å². The molecule has 6 heteroatoms. The van der Waals surface area contributed by atoms with Crippen LogP contribution in [0.3, 0.4) is 0 Å². The van der Waals surface area contributed by atoms with Gasteiger partial charge in [0.15, 0.2) is 0 Å². The standard InChI is InChI=1S/C11H12N2O3S/c12-7(11(15)16)5-6-1-2-8(14)9-10(6)17-4-3-13-9/h1-3,7,14H,4-5,12H2,(H,15,16). The van der Waals surface area contributed by atoms with Crippen LogP contribution in [0.5, 0.6) is 5.75 Å². The first-order chi connectivity index (χ1) is 8.09. The lowest BCUT2D eigenvalue weighted by Gasteiger charge is -2.16. The maximum Gasteiger partial charge on any atom is 0.320 e. The Labute approximate surface area is 102 Å². The van der Waals surface area contributed by atoms with E-state index in [1.54, 1.807) is 12.3 Å². The summed E-state index contributed by atoms with van der Waals surface area (Å²) in [7, 11) is 0. The number of aliphatic carboxylic acids is 1. The number of phenolic OH excluding ortho intramolecular Hbond substituents is 1. The van der Waals surface area contributed by atoms with Crippen LogP contribution in [-0.2, 0) is 11.2 Å². The molecule has 1 aliphatic rings. The van der Waals surface area contributed by atoms with Crippen molar-refractivity contribution in [1.29, 1.82) is 0 Å². The number of hydrogen-bond acceptors (Lipinski definition) is 5. The third-order valence-electron chi connectivity index (χ3n) is 2.47. The number of thioether (sulfide) groups is 1. The van der Waals surface area contributed by atoms with Gasteiger partial charge in [-0.2, -0.15) is 0 Å². The predicted octanol–water partition coefficient (Wildman–Crippen LogP) is 1.15. The molecule has 0 spiro atoms. The van der Waals surface area contributed by atoms with Crippen LogP contribution in [0.2, 0.25) is 0 Å². The van der Waals surface area contributed by atoms with Crippen molar-refractivity contribution in [3.8, 4) is 5.75 Å². The number of aliphatic imine (C=N–C) groups is 1. The smallest absolute Gasteiger partial charge is 0.320 e. The van der Waals surface area contributed by atoms with Crippen LogP contribution >= 0.6 is 11.8 Å². The molecule has 2 rings (SSSR count). The summed E-state index contributed by atoms with van der Waals surface area (Å²) in [5.41, 5.74) is 6.83. The van der Waals surface area contributed by atoms with Crippen LogP contribution in [-0.4, -0.2) is 34.2 Å². The summed E-state index contributed by atoms with van der Waals surface area (Å²) in [6, 6.07) is 2.28. The van der Waals surface area contributed by atoms with Gasteiger partial charge in [-0.25, -0.2) is 0 Å². The quantitative estimate of drug-likeness (QED) is 0.750. The maximum atomic E-state index is 10.7. The van der Waals surface area contributed by atoms with E-state index in [1.807, 2.05) is 0 Å². The Hall–Kier alpha value is -1.53. The van der Waals surface area contributed by atoms with Crippen molar-refractivity contribution >= 4 is 29.6 Å². The van der Waals surface area contributed by atoms with E-state index in [0.29, 0.717) is 11.4 Å². The normalized spacial score (nSPS) is 15.4. The number of benzene rings is 1. The van der Waals surface area contributed by atoms with E-state index in [0.717, 1.165) is 10.5 Å². The van der Waals surface area contributed by atoms with Gasteiger partial charge in [0.25, 0.3) is 0 Å². The Morgan fingerprint density at radius 3 is 3.06 bits per heavy atom. The lowest BCUT2D eigenvalue weighted by atomic mass is 10.1. The van der Waals surface area contributed by atoms with Crippen molar-refractivity contribution in [2.24, 2.45) is 10.7 Å². The molecule has 1 unspecified atom stereocenters. The molecule has 1 aromatic rings. The Morgan fingerprint density at radius 2 is 2.35 bits per heavy atom. The Morgan fingerprint density at radius 1 is 1.59 bits per heavy atom. The van der Waals surface area contributed by atoms with E-state index in [4.69, 9.17) is 10.8 Å². The third-order valence-corrected chi connectivity index (χ3v) is 3.53. The van der Waals surface area contributed by atoms with E-state index in [2.05, 4.69) is 4.99 Å². The number of nitrogens with two attached hydrogens (primary N) is 1. The van der Waals surface area contributed by atoms with Crippen molar-refractivity contribution < 1.29 is 15.0 Å². The molecular weight excluding hydrogens is 240 g/mol. The van der Waals surface area contributed by atoms with E-state index in [-0.39, 0.29) is 12.2 Å². The first-order valence-corrected chi connectivity index (χ1v) is 6.06. The number of carboxylic acids is 1. The summed E-state index contributed by atoms with van der Waals surface area (Å²) in [6.45, 7) is 0. The zero-order chi connectivity index (χ0) is 12.4. The first-order valence-electron chi connectivity index (χ1n) is 5.08. The molecule has 5 nitrogen and oxygen atoms in total. The highest BCUT2D eigenvalue weighted by molar-refractivity contribution is 8.00. The topological polar surface area (TPSA) is 95.9 Å².